The molecule has 0 radical (unpaired) electrons. The van der Waals surface area contributed by atoms with Crippen molar-refractivity contribution in [3.05, 3.63) is 24.2 Å². The fourth-order valence-corrected chi connectivity index (χ4v) is 1.51. The summed E-state index contributed by atoms with van der Waals surface area (Å²) in [6.07, 6.45) is 1.36. The SMILES string of the molecule is CCN(CC)C(=O)COC(=O)CNC(=O)c1ccco1. The Morgan fingerprint density at radius 1 is 1.30 bits per heavy atom. The number of rotatable bonds is 7. The molecule has 1 aromatic rings. The van der Waals surface area contributed by atoms with Gasteiger partial charge >= 0.3 is 5.97 Å². The van der Waals surface area contributed by atoms with Gasteiger partial charge in [0, 0.05) is 13.1 Å². The molecule has 0 aromatic carbocycles. The van der Waals surface area contributed by atoms with Gasteiger partial charge in [-0.1, -0.05) is 0 Å². The lowest BCUT2D eigenvalue weighted by Gasteiger charge is -2.18. The number of carbonyl (C=O) groups is 3. The average Bonchev–Trinajstić information content (AvgIpc) is 2.98. The Bertz CT molecular complexity index is 451. The number of hydrogen-bond donors (Lipinski definition) is 1. The van der Waals surface area contributed by atoms with Crippen molar-refractivity contribution in [2.24, 2.45) is 0 Å². The van der Waals surface area contributed by atoms with E-state index in [4.69, 9.17) is 9.15 Å². The van der Waals surface area contributed by atoms with Crippen LogP contribution >= 0.6 is 0 Å². The van der Waals surface area contributed by atoms with E-state index in [0.29, 0.717) is 13.1 Å². The second-order valence-corrected chi connectivity index (χ2v) is 3.89. The van der Waals surface area contributed by atoms with Crippen LogP contribution in [0.5, 0.6) is 0 Å². The Kier molecular flexibility index (Phi) is 6.28. The van der Waals surface area contributed by atoms with Crippen molar-refractivity contribution >= 4 is 17.8 Å². The highest BCUT2D eigenvalue weighted by Gasteiger charge is 2.14. The van der Waals surface area contributed by atoms with Crippen molar-refractivity contribution in [1.82, 2.24) is 10.2 Å². The average molecular weight is 282 g/mol. The van der Waals surface area contributed by atoms with E-state index in [1.807, 2.05) is 13.8 Å². The number of nitrogens with zero attached hydrogens (tertiary/aromatic N) is 1. The number of esters is 1. The van der Waals surface area contributed by atoms with Gasteiger partial charge in [0.15, 0.2) is 12.4 Å². The summed E-state index contributed by atoms with van der Waals surface area (Å²) >= 11 is 0. The first-order valence-electron chi connectivity index (χ1n) is 6.33. The maximum Gasteiger partial charge on any atom is 0.325 e. The van der Waals surface area contributed by atoms with Crippen molar-refractivity contribution < 1.29 is 23.5 Å². The molecule has 0 fully saturated rings. The fourth-order valence-electron chi connectivity index (χ4n) is 1.51. The predicted molar refractivity (Wildman–Crippen MR) is 69.9 cm³/mol. The summed E-state index contributed by atoms with van der Waals surface area (Å²) in [5.74, 6) is -1.34. The van der Waals surface area contributed by atoms with Crippen LogP contribution in [-0.2, 0) is 14.3 Å². The molecule has 7 heteroatoms. The first-order chi connectivity index (χ1) is 9.58. The molecule has 1 rings (SSSR count). The molecule has 1 N–H and O–H groups in total. The molecule has 7 nitrogen and oxygen atoms in total. The molecule has 1 aromatic heterocycles. The number of ether oxygens (including phenoxy) is 1. The van der Waals surface area contributed by atoms with Crippen LogP contribution in [-0.4, -0.2) is 48.9 Å². The van der Waals surface area contributed by atoms with Crippen molar-refractivity contribution in [3.63, 3.8) is 0 Å². The Hall–Kier alpha value is -2.31. The zero-order valence-corrected chi connectivity index (χ0v) is 11.5. The van der Waals surface area contributed by atoms with Gasteiger partial charge in [-0.15, -0.1) is 0 Å². The summed E-state index contributed by atoms with van der Waals surface area (Å²) in [5, 5.41) is 2.33. The van der Waals surface area contributed by atoms with Crippen molar-refractivity contribution in [2.45, 2.75) is 13.8 Å². The van der Waals surface area contributed by atoms with Crippen LogP contribution in [0.3, 0.4) is 0 Å². The minimum Gasteiger partial charge on any atom is -0.459 e. The molecule has 0 saturated carbocycles. The van der Waals surface area contributed by atoms with E-state index < -0.39 is 11.9 Å². The molecule has 0 saturated heterocycles. The van der Waals surface area contributed by atoms with Gasteiger partial charge in [0.05, 0.1) is 6.26 Å². The highest BCUT2D eigenvalue weighted by molar-refractivity contribution is 5.93. The largest absolute Gasteiger partial charge is 0.459 e. The van der Waals surface area contributed by atoms with Gasteiger partial charge in [0.25, 0.3) is 11.8 Å². The maximum absolute atomic E-state index is 11.6. The third-order valence-corrected chi connectivity index (χ3v) is 2.61. The lowest BCUT2D eigenvalue weighted by Crippen LogP contribution is -2.36. The van der Waals surface area contributed by atoms with Crippen LogP contribution in [0.2, 0.25) is 0 Å². The van der Waals surface area contributed by atoms with Crippen LogP contribution in [0.15, 0.2) is 22.8 Å². The lowest BCUT2D eigenvalue weighted by molar-refractivity contribution is -0.151. The third kappa shape index (κ3) is 4.75. The topological polar surface area (TPSA) is 88.9 Å². The van der Waals surface area contributed by atoms with Crippen molar-refractivity contribution in [1.29, 1.82) is 0 Å². The Morgan fingerprint density at radius 3 is 2.55 bits per heavy atom. The second-order valence-electron chi connectivity index (χ2n) is 3.89. The number of likely N-dealkylation sites (N-methyl/N-ethyl adjacent to an activating group) is 1. The van der Waals surface area contributed by atoms with Crippen molar-refractivity contribution in [2.75, 3.05) is 26.2 Å². The van der Waals surface area contributed by atoms with Gasteiger partial charge in [0.2, 0.25) is 0 Å². The lowest BCUT2D eigenvalue weighted by atomic mass is 10.4. The predicted octanol–water partition coefficient (Wildman–Crippen LogP) is 0.421. The summed E-state index contributed by atoms with van der Waals surface area (Å²) in [6.45, 7) is 4.16. The van der Waals surface area contributed by atoms with Crippen LogP contribution < -0.4 is 5.32 Å². The highest BCUT2D eigenvalue weighted by atomic mass is 16.5. The summed E-state index contributed by atoms with van der Waals surface area (Å²) in [4.78, 5) is 36.0. The zero-order valence-electron chi connectivity index (χ0n) is 11.5. The highest BCUT2D eigenvalue weighted by Crippen LogP contribution is 1.98. The quantitative estimate of drug-likeness (QED) is 0.732. The first-order valence-corrected chi connectivity index (χ1v) is 6.33. The summed E-state index contributed by atoms with van der Waals surface area (Å²) in [5.41, 5.74) is 0. The first kappa shape index (κ1) is 15.7. The van der Waals surface area contributed by atoms with Gasteiger partial charge in [0.1, 0.15) is 6.54 Å². The molecular weight excluding hydrogens is 264 g/mol. The molecule has 0 aliphatic rings. The summed E-state index contributed by atoms with van der Waals surface area (Å²) in [7, 11) is 0. The van der Waals surface area contributed by atoms with E-state index in [0.717, 1.165) is 0 Å². The Labute approximate surface area is 116 Å². The van der Waals surface area contributed by atoms with Gasteiger partial charge < -0.3 is 19.4 Å². The third-order valence-electron chi connectivity index (χ3n) is 2.61. The van der Waals surface area contributed by atoms with E-state index in [-0.39, 0.29) is 24.8 Å². The molecule has 0 aliphatic carbocycles. The number of furan rings is 1. The number of nitrogens with one attached hydrogen (secondary N) is 1. The maximum atomic E-state index is 11.6. The molecule has 20 heavy (non-hydrogen) atoms. The number of amides is 2. The van der Waals surface area contributed by atoms with E-state index in [1.165, 1.54) is 12.3 Å². The Balaban J connectivity index is 2.27. The molecule has 0 unspecified atom stereocenters. The molecular formula is C13H18N2O5. The normalized spacial score (nSPS) is 9.90. The number of hydrogen-bond acceptors (Lipinski definition) is 5. The smallest absolute Gasteiger partial charge is 0.325 e. The van der Waals surface area contributed by atoms with Gasteiger partial charge in [-0.25, -0.2) is 0 Å². The van der Waals surface area contributed by atoms with Crippen LogP contribution in [0.1, 0.15) is 24.4 Å². The minimum absolute atomic E-state index is 0.108. The van der Waals surface area contributed by atoms with Crippen LogP contribution in [0.25, 0.3) is 0 Å². The van der Waals surface area contributed by atoms with Gasteiger partial charge in [-0.3, -0.25) is 14.4 Å². The van der Waals surface area contributed by atoms with Gasteiger partial charge in [-0.05, 0) is 26.0 Å². The van der Waals surface area contributed by atoms with Gasteiger partial charge in [-0.2, -0.15) is 0 Å². The molecule has 0 bridgehead atoms. The molecule has 1 heterocycles. The minimum atomic E-state index is -0.676. The molecule has 0 spiro atoms. The van der Waals surface area contributed by atoms with E-state index in [9.17, 15) is 14.4 Å². The van der Waals surface area contributed by atoms with Crippen molar-refractivity contribution in [3.8, 4) is 0 Å². The fraction of sp³-hybridized carbons (Fsp3) is 0.462. The standard InChI is InChI=1S/C13H18N2O5/c1-3-15(4-2)11(16)9-20-12(17)8-14-13(18)10-6-5-7-19-10/h5-7H,3-4,8-9H2,1-2H3,(H,14,18). The molecule has 0 atom stereocenters. The Morgan fingerprint density at radius 2 is 2.00 bits per heavy atom. The zero-order chi connectivity index (χ0) is 15.0. The monoisotopic (exact) mass is 282 g/mol. The molecule has 0 aliphatic heterocycles. The molecule has 110 valence electrons. The van der Waals surface area contributed by atoms with Crippen LogP contribution in [0.4, 0.5) is 0 Å². The number of carbonyl (C=O) groups excluding carboxylic acids is 3. The van der Waals surface area contributed by atoms with E-state index in [2.05, 4.69) is 5.32 Å². The summed E-state index contributed by atoms with van der Waals surface area (Å²) < 4.78 is 9.64. The second kappa shape index (κ2) is 7.98. The summed E-state index contributed by atoms with van der Waals surface area (Å²) in [6, 6.07) is 3.04. The molecule has 2 amide bonds. The van der Waals surface area contributed by atoms with Crippen LogP contribution in [0, 0.1) is 0 Å². The van der Waals surface area contributed by atoms with E-state index in [1.54, 1.807) is 11.0 Å². The van der Waals surface area contributed by atoms with E-state index >= 15 is 0 Å².